The van der Waals surface area contributed by atoms with Crippen molar-refractivity contribution in [3.8, 4) is 0 Å². The van der Waals surface area contributed by atoms with E-state index in [9.17, 15) is 4.79 Å². The third kappa shape index (κ3) is 7.94. The Morgan fingerprint density at radius 1 is 1.71 bits per heavy atom. The summed E-state index contributed by atoms with van der Waals surface area (Å²) in [7, 11) is 0. The largest absolute Gasteiger partial charge is 0.480 e. The van der Waals surface area contributed by atoms with Crippen LogP contribution in [0.5, 0.6) is 0 Å². The second kappa shape index (κ2) is 7.70. The van der Waals surface area contributed by atoms with Crippen molar-refractivity contribution in [1.29, 1.82) is 0 Å². The average molecular weight is 218 g/mol. The molecule has 0 bridgehead atoms. The van der Waals surface area contributed by atoms with E-state index in [0.717, 1.165) is 5.88 Å². The zero-order valence-corrected chi connectivity index (χ0v) is 9.38. The number of carbonyl (C=O) groups is 1. The van der Waals surface area contributed by atoms with Gasteiger partial charge in [-0.05, 0) is 17.7 Å². The van der Waals surface area contributed by atoms with Crippen molar-refractivity contribution in [1.82, 2.24) is 5.32 Å². The van der Waals surface area contributed by atoms with Gasteiger partial charge in [-0.15, -0.1) is 11.8 Å². The molecule has 0 fully saturated rings. The summed E-state index contributed by atoms with van der Waals surface area (Å²) >= 11 is 1.78. The lowest BCUT2D eigenvalue weighted by Gasteiger charge is -2.07. The number of nitrogens with one attached hydrogen (secondary N) is 1. The van der Waals surface area contributed by atoms with Crippen LogP contribution in [0.25, 0.3) is 0 Å². The summed E-state index contributed by atoms with van der Waals surface area (Å²) in [6.07, 6.45) is 2.50. The van der Waals surface area contributed by atoms with Crippen molar-refractivity contribution in [2.24, 2.45) is 11.7 Å². The van der Waals surface area contributed by atoms with E-state index in [0.29, 0.717) is 12.3 Å². The molecule has 5 heteroatoms. The van der Waals surface area contributed by atoms with E-state index >= 15 is 0 Å². The van der Waals surface area contributed by atoms with E-state index in [-0.39, 0.29) is 0 Å². The summed E-state index contributed by atoms with van der Waals surface area (Å²) < 4.78 is 0. The number of carboxylic acids is 1. The van der Waals surface area contributed by atoms with Crippen LogP contribution < -0.4 is 11.1 Å². The van der Waals surface area contributed by atoms with Crippen LogP contribution in [0, 0.1) is 5.92 Å². The number of thioether (sulfide) groups is 1. The van der Waals surface area contributed by atoms with Crippen LogP contribution in [-0.2, 0) is 4.79 Å². The minimum Gasteiger partial charge on any atom is -0.480 e. The standard InChI is InChI=1S/C6H13NO2.C3H5NS/c1-4(2)3-5(7)6(8)9;1-2-5-3-4-1/h4-5H,3,7H2,1-2H3,(H,8,9);1-2,4H,3H2/t5-;/m0./s1. The molecule has 0 aromatic rings. The van der Waals surface area contributed by atoms with Crippen LogP contribution in [0.4, 0.5) is 0 Å². The Labute approximate surface area is 88.9 Å². The fourth-order valence-electron chi connectivity index (χ4n) is 0.849. The minimum absolute atomic E-state index is 0.357. The van der Waals surface area contributed by atoms with Gasteiger partial charge in [0.15, 0.2) is 0 Å². The van der Waals surface area contributed by atoms with Crippen LogP contribution in [-0.4, -0.2) is 23.0 Å². The second-order valence-electron chi connectivity index (χ2n) is 3.39. The van der Waals surface area contributed by atoms with Crippen LogP contribution >= 0.6 is 11.8 Å². The number of nitrogens with two attached hydrogens (primary N) is 1. The molecular weight excluding hydrogens is 200 g/mol. The molecule has 14 heavy (non-hydrogen) atoms. The highest BCUT2D eigenvalue weighted by Crippen LogP contribution is 2.02. The van der Waals surface area contributed by atoms with Crippen molar-refractivity contribution in [2.45, 2.75) is 26.3 Å². The van der Waals surface area contributed by atoms with E-state index in [1.165, 1.54) is 0 Å². The third-order valence-corrected chi connectivity index (χ3v) is 2.15. The first-order chi connectivity index (χ1) is 6.54. The van der Waals surface area contributed by atoms with Gasteiger partial charge in [-0.25, -0.2) is 0 Å². The Kier molecular flexibility index (Phi) is 7.32. The van der Waals surface area contributed by atoms with Gasteiger partial charge in [-0.1, -0.05) is 13.8 Å². The molecule has 1 rings (SSSR count). The SMILES string of the molecule is C1=CSCN1.CC(C)C[C@H](N)C(=O)O. The summed E-state index contributed by atoms with van der Waals surface area (Å²) in [6.45, 7) is 3.89. The Morgan fingerprint density at radius 3 is 2.50 bits per heavy atom. The van der Waals surface area contributed by atoms with E-state index < -0.39 is 12.0 Å². The van der Waals surface area contributed by atoms with E-state index in [1.807, 2.05) is 25.5 Å². The Bertz CT molecular complexity index is 189. The van der Waals surface area contributed by atoms with Crippen LogP contribution in [0.3, 0.4) is 0 Å². The van der Waals surface area contributed by atoms with Gasteiger partial charge in [0.25, 0.3) is 0 Å². The Balaban J connectivity index is 0.000000280. The van der Waals surface area contributed by atoms with Crippen LogP contribution in [0.1, 0.15) is 20.3 Å². The summed E-state index contributed by atoms with van der Waals surface area (Å²) in [5.41, 5.74) is 5.22. The first-order valence-corrected chi connectivity index (χ1v) is 5.57. The monoisotopic (exact) mass is 218 g/mol. The average Bonchev–Trinajstić information content (AvgIpc) is 2.59. The van der Waals surface area contributed by atoms with E-state index in [2.05, 4.69) is 5.32 Å². The number of aliphatic carboxylic acids is 1. The molecule has 1 atom stereocenters. The maximum absolute atomic E-state index is 10.1. The molecule has 0 aromatic carbocycles. The molecule has 0 spiro atoms. The highest BCUT2D eigenvalue weighted by atomic mass is 32.2. The zero-order valence-electron chi connectivity index (χ0n) is 8.56. The zero-order chi connectivity index (χ0) is 11.0. The van der Waals surface area contributed by atoms with Gasteiger partial charge < -0.3 is 16.2 Å². The molecular formula is C9H18N2O2S. The lowest BCUT2D eigenvalue weighted by atomic mass is 10.1. The minimum atomic E-state index is -0.913. The lowest BCUT2D eigenvalue weighted by molar-refractivity contribution is -0.138. The number of carboxylic acid groups (broad SMARTS) is 1. The van der Waals surface area contributed by atoms with Gasteiger partial charge in [-0.3, -0.25) is 4.79 Å². The highest BCUT2D eigenvalue weighted by molar-refractivity contribution is 8.02. The smallest absolute Gasteiger partial charge is 0.320 e. The van der Waals surface area contributed by atoms with Gasteiger partial charge in [0, 0.05) is 6.20 Å². The summed E-state index contributed by atoms with van der Waals surface area (Å²) in [6, 6.07) is -0.690. The highest BCUT2D eigenvalue weighted by Gasteiger charge is 2.11. The fraction of sp³-hybridized carbons (Fsp3) is 0.667. The molecule has 82 valence electrons. The Hall–Kier alpha value is -0.680. The molecule has 0 radical (unpaired) electrons. The quantitative estimate of drug-likeness (QED) is 0.663. The Morgan fingerprint density at radius 2 is 2.36 bits per heavy atom. The topological polar surface area (TPSA) is 75.3 Å². The lowest BCUT2D eigenvalue weighted by Crippen LogP contribution is -2.31. The maximum Gasteiger partial charge on any atom is 0.320 e. The van der Waals surface area contributed by atoms with Gasteiger partial charge in [0.2, 0.25) is 0 Å². The maximum atomic E-state index is 10.1. The summed E-state index contributed by atoms with van der Waals surface area (Å²) in [5, 5.41) is 13.4. The predicted octanol–water partition coefficient (Wildman–Crippen LogP) is 1.20. The summed E-state index contributed by atoms with van der Waals surface area (Å²) in [5.74, 6) is 0.500. The van der Waals surface area contributed by atoms with Crippen molar-refractivity contribution in [3.63, 3.8) is 0 Å². The molecule has 1 heterocycles. The number of hydrogen-bond donors (Lipinski definition) is 3. The molecule has 4 nitrogen and oxygen atoms in total. The van der Waals surface area contributed by atoms with Crippen LogP contribution in [0.15, 0.2) is 11.6 Å². The summed E-state index contributed by atoms with van der Waals surface area (Å²) in [4.78, 5) is 10.1. The molecule has 0 amide bonds. The van der Waals surface area contributed by atoms with Crippen molar-refractivity contribution >= 4 is 17.7 Å². The molecule has 0 saturated heterocycles. The first kappa shape index (κ1) is 13.3. The van der Waals surface area contributed by atoms with Crippen molar-refractivity contribution < 1.29 is 9.90 Å². The van der Waals surface area contributed by atoms with Gasteiger partial charge in [0.05, 0.1) is 5.88 Å². The third-order valence-electron chi connectivity index (χ3n) is 1.49. The van der Waals surface area contributed by atoms with Gasteiger partial charge >= 0.3 is 5.97 Å². The van der Waals surface area contributed by atoms with Crippen LogP contribution in [0.2, 0.25) is 0 Å². The molecule has 0 aromatic heterocycles. The van der Waals surface area contributed by atoms with E-state index in [1.54, 1.807) is 11.8 Å². The molecule has 0 unspecified atom stereocenters. The fourth-order valence-corrected chi connectivity index (χ4v) is 1.33. The van der Waals surface area contributed by atoms with Crippen molar-refractivity contribution in [2.75, 3.05) is 5.88 Å². The normalized spacial score (nSPS) is 15.7. The molecule has 1 aliphatic heterocycles. The molecule has 0 saturated carbocycles. The second-order valence-corrected chi connectivity index (χ2v) is 4.29. The van der Waals surface area contributed by atoms with Gasteiger partial charge in [0.1, 0.15) is 6.04 Å². The predicted molar refractivity (Wildman–Crippen MR) is 59.8 cm³/mol. The molecule has 4 N–H and O–H groups in total. The first-order valence-electron chi connectivity index (χ1n) is 4.52. The number of rotatable bonds is 3. The molecule has 0 aliphatic carbocycles. The van der Waals surface area contributed by atoms with E-state index in [4.69, 9.17) is 10.8 Å². The molecule has 1 aliphatic rings. The number of hydrogen-bond acceptors (Lipinski definition) is 4. The van der Waals surface area contributed by atoms with Crippen molar-refractivity contribution in [3.05, 3.63) is 11.6 Å². The van der Waals surface area contributed by atoms with Gasteiger partial charge in [-0.2, -0.15) is 0 Å².